The lowest BCUT2D eigenvalue weighted by molar-refractivity contribution is -0.186. The number of rotatable bonds is 10. The van der Waals surface area contributed by atoms with Gasteiger partial charge in [-0.1, -0.05) is 25.7 Å². The zero-order valence-electron chi connectivity index (χ0n) is 13.1. The second kappa shape index (κ2) is 8.29. The van der Waals surface area contributed by atoms with Crippen molar-refractivity contribution in [3.05, 3.63) is 12.3 Å². The molecule has 2 saturated heterocycles. The molecular weight excluding hydrogens is 288 g/mol. The minimum Gasteiger partial charge on any atom is -0.368 e. The zero-order valence-corrected chi connectivity index (χ0v) is 14.1. The highest BCUT2D eigenvalue weighted by Gasteiger charge is 2.60. The van der Waals surface area contributed by atoms with Crippen molar-refractivity contribution in [2.24, 2.45) is 0 Å². The maximum absolute atomic E-state index is 8.12. The molecule has 2 bridgehead atoms. The largest absolute Gasteiger partial charge is 0.502 e. The van der Waals surface area contributed by atoms with Crippen LogP contribution in [0, 0.1) is 0 Å². The molecule has 0 aromatic carbocycles. The highest BCUT2D eigenvalue weighted by atomic mass is 28.4. The molecule has 2 unspecified atom stereocenters. The van der Waals surface area contributed by atoms with Crippen molar-refractivity contribution in [1.29, 1.82) is 0 Å². The monoisotopic (exact) mass is 316 g/mol. The first-order chi connectivity index (χ1) is 10.2. The van der Waals surface area contributed by atoms with Crippen LogP contribution in [0.25, 0.3) is 0 Å². The van der Waals surface area contributed by atoms with E-state index in [1.807, 2.05) is 6.08 Å². The number of fused-ring (bicyclic) bond motifs is 2. The Morgan fingerprint density at radius 3 is 2.19 bits per heavy atom. The van der Waals surface area contributed by atoms with Gasteiger partial charge in [0.2, 0.25) is 0 Å². The molecule has 0 radical (unpaired) electrons. The third-order valence-electron chi connectivity index (χ3n) is 4.23. The van der Waals surface area contributed by atoms with E-state index < -0.39 is 8.80 Å². The molecule has 122 valence electrons. The first-order valence-corrected chi connectivity index (χ1v) is 10.1. The molecule has 2 heterocycles. The number of hydrogen-bond acceptors (Lipinski definition) is 5. The molecule has 0 spiro atoms. The summed E-state index contributed by atoms with van der Waals surface area (Å²) < 4.78 is 17.9. The van der Waals surface area contributed by atoms with Gasteiger partial charge >= 0.3 is 8.80 Å². The van der Waals surface area contributed by atoms with E-state index >= 15 is 0 Å². The van der Waals surface area contributed by atoms with Gasteiger partial charge < -0.3 is 18.2 Å². The van der Waals surface area contributed by atoms with E-state index in [9.17, 15) is 0 Å². The topological polar surface area (TPSA) is 57.2 Å². The summed E-state index contributed by atoms with van der Waals surface area (Å²) in [5, 5.41) is 8.12. The molecule has 2 rings (SSSR count). The second-order valence-corrected chi connectivity index (χ2v) is 8.62. The van der Waals surface area contributed by atoms with Gasteiger partial charge in [0.15, 0.2) is 0 Å². The Hall–Kier alpha value is -0.403. The van der Waals surface area contributed by atoms with Gasteiger partial charge in [-0.25, -0.2) is 5.26 Å². The third-order valence-corrected chi connectivity index (χ3v) is 7.29. The van der Waals surface area contributed by atoms with Crippen molar-refractivity contribution in [3.8, 4) is 0 Å². The summed E-state index contributed by atoms with van der Waals surface area (Å²) in [6, 6.07) is 0.967. The fourth-order valence-corrected chi connectivity index (χ4v) is 6.57. The lowest BCUT2D eigenvalue weighted by atomic mass is 10.1. The fourth-order valence-electron chi connectivity index (χ4n) is 3.16. The molecule has 2 atom stereocenters. The number of allylic oxidation sites excluding steroid dienone is 1. The maximum atomic E-state index is 8.12. The van der Waals surface area contributed by atoms with Crippen molar-refractivity contribution >= 4 is 8.80 Å². The van der Waals surface area contributed by atoms with Gasteiger partial charge in [-0.05, 0) is 39.2 Å². The van der Waals surface area contributed by atoms with Crippen LogP contribution in [-0.4, -0.2) is 32.4 Å². The predicted molar refractivity (Wildman–Crippen MR) is 81.7 cm³/mol. The van der Waals surface area contributed by atoms with Gasteiger partial charge in [-0.15, -0.1) is 0 Å². The molecule has 2 aliphatic rings. The quantitative estimate of drug-likeness (QED) is 0.218. The molecule has 0 aliphatic carbocycles. The Morgan fingerprint density at radius 1 is 0.952 bits per heavy atom. The van der Waals surface area contributed by atoms with E-state index in [0.717, 1.165) is 25.3 Å². The average molecular weight is 316 g/mol. The molecule has 21 heavy (non-hydrogen) atoms. The van der Waals surface area contributed by atoms with Crippen LogP contribution in [0.4, 0.5) is 0 Å². The molecule has 2 fully saturated rings. The predicted octanol–water partition coefficient (Wildman–Crippen LogP) is 3.88. The Bertz CT molecular complexity index is 324. The van der Waals surface area contributed by atoms with Crippen molar-refractivity contribution in [3.63, 3.8) is 0 Å². The highest BCUT2D eigenvalue weighted by molar-refractivity contribution is 6.62. The van der Waals surface area contributed by atoms with E-state index in [-0.39, 0.29) is 18.3 Å². The van der Waals surface area contributed by atoms with Gasteiger partial charge in [-0.2, -0.15) is 0 Å². The Morgan fingerprint density at radius 2 is 1.57 bits per heavy atom. The standard InChI is InChI=1S/C15H28O5Si/c1-13-15-14(2)19-21(18-13,20-15)12-10-8-6-4-3-5-7-9-11-17-16/h9,11,13-16H,3-8,10,12H2,1-2H3/b11-9+. The van der Waals surface area contributed by atoms with Gasteiger partial charge in [0.05, 0.1) is 18.3 Å². The molecule has 0 aromatic heterocycles. The van der Waals surface area contributed by atoms with Crippen LogP contribution in [0.3, 0.4) is 0 Å². The maximum Gasteiger partial charge on any atom is 0.502 e. The molecule has 1 N–H and O–H groups in total. The smallest absolute Gasteiger partial charge is 0.368 e. The second-order valence-electron chi connectivity index (χ2n) is 6.05. The van der Waals surface area contributed by atoms with Crippen LogP contribution in [0.5, 0.6) is 0 Å². The van der Waals surface area contributed by atoms with Crippen molar-refractivity contribution in [2.45, 2.75) is 83.1 Å². The van der Waals surface area contributed by atoms with E-state index in [0.29, 0.717) is 0 Å². The van der Waals surface area contributed by atoms with Crippen LogP contribution in [0.15, 0.2) is 12.3 Å². The third kappa shape index (κ3) is 4.79. The van der Waals surface area contributed by atoms with E-state index in [2.05, 4.69) is 18.7 Å². The Kier molecular flexibility index (Phi) is 6.69. The van der Waals surface area contributed by atoms with E-state index in [4.69, 9.17) is 18.5 Å². The molecular formula is C15H28O5Si. The first-order valence-electron chi connectivity index (χ1n) is 8.15. The van der Waals surface area contributed by atoms with Crippen LogP contribution < -0.4 is 0 Å². The summed E-state index contributed by atoms with van der Waals surface area (Å²) in [5.74, 6) is 0. The molecule has 0 aromatic rings. The van der Waals surface area contributed by atoms with Gasteiger partial charge in [0, 0.05) is 6.04 Å². The normalized spacial score (nSPS) is 34.9. The highest BCUT2D eigenvalue weighted by Crippen LogP contribution is 2.40. The summed E-state index contributed by atoms with van der Waals surface area (Å²) in [5.41, 5.74) is 0. The SMILES string of the molecule is CC1O[Si]2(CCCCCCCC/C=C/OO)OC(C)C1O2. The van der Waals surface area contributed by atoms with Gasteiger partial charge in [-0.3, -0.25) is 0 Å². The first kappa shape index (κ1) is 17.0. The number of hydrogen-bond donors (Lipinski definition) is 1. The van der Waals surface area contributed by atoms with Crippen LogP contribution >= 0.6 is 0 Å². The Labute approximate surface area is 128 Å². The average Bonchev–Trinajstić information content (AvgIpc) is 2.94. The zero-order chi connectivity index (χ0) is 15.1. The van der Waals surface area contributed by atoms with Crippen LogP contribution in [0.2, 0.25) is 6.04 Å². The Balaban J connectivity index is 1.48. The lowest BCUT2D eigenvalue weighted by Gasteiger charge is -2.26. The van der Waals surface area contributed by atoms with E-state index in [1.54, 1.807) is 0 Å². The van der Waals surface area contributed by atoms with Crippen molar-refractivity contribution in [2.75, 3.05) is 0 Å². The molecule has 2 aliphatic heterocycles. The molecule has 0 saturated carbocycles. The number of unbranched alkanes of at least 4 members (excludes halogenated alkanes) is 6. The summed E-state index contributed by atoms with van der Waals surface area (Å²) in [4.78, 5) is 3.88. The summed E-state index contributed by atoms with van der Waals surface area (Å²) in [7, 11) is -2.30. The molecule has 0 amide bonds. The molecule has 5 nitrogen and oxygen atoms in total. The van der Waals surface area contributed by atoms with Crippen LogP contribution in [-0.2, 0) is 18.2 Å². The minimum absolute atomic E-state index is 0.160. The summed E-state index contributed by atoms with van der Waals surface area (Å²) in [6.07, 6.45) is 11.9. The van der Waals surface area contributed by atoms with Crippen molar-refractivity contribution in [1.82, 2.24) is 0 Å². The lowest BCUT2D eigenvalue weighted by Crippen LogP contribution is -2.43. The van der Waals surface area contributed by atoms with Crippen molar-refractivity contribution < 1.29 is 23.4 Å². The van der Waals surface area contributed by atoms with Gasteiger partial charge in [0.1, 0.15) is 6.26 Å². The van der Waals surface area contributed by atoms with E-state index in [1.165, 1.54) is 31.9 Å². The van der Waals surface area contributed by atoms with Crippen LogP contribution in [0.1, 0.15) is 58.8 Å². The fraction of sp³-hybridized carbons (Fsp3) is 0.867. The summed E-state index contributed by atoms with van der Waals surface area (Å²) >= 11 is 0. The molecule has 6 heteroatoms. The van der Waals surface area contributed by atoms with Gasteiger partial charge in [0.25, 0.3) is 0 Å². The summed E-state index contributed by atoms with van der Waals surface area (Å²) in [6.45, 7) is 4.18. The minimum atomic E-state index is -2.30.